The second-order valence-corrected chi connectivity index (χ2v) is 6.07. The van der Waals surface area contributed by atoms with E-state index < -0.39 is 11.7 Å². The van der Waals surface area contributed by atoms with Crippen molar-refractivity contribution in [2.45, 2.75) is 26.1 Å². The lowest BCUT2D eigenvalue weighted by molar-refractivity contribution is -0.137. The predicted molar refractivity (Wildman–Crippen MR) is 118 cm³/mol. The number of rotatable bonds is 7. The molecule has 0 aromatic heterocycles. The molecule has 0 bridgehead atoms. The van der Waals surface area contributed by atoms with Crippen LogP contribution in [0.1, 0.15) is 23.6 Å². The van der Waals surface area contributed by atoms with E-state index in [4.69, 9.17) is 4.74 Å². The minimum atomic E-state index is -4.34. The second kappa shape index (κ2) is 11.7. The first-order valence-corrected chi connectivity index (χ1v) is 8.87. The molecule has 0 fully saturated rings. The number of guanidine groups is 1. The first-order valence-electron chi connectivity index (χ1n) is 8.87. The minimum absolute atomic E-state index is 0. The lowest BCUT2D eigenvalue weighted by atomic mass is 10.1. The van der Waals surface area contributed by atoms with Crippen molar-refractivity contribution in [1.82, 2.24) is 10.6 Å². The van der Waals surface area contributed by atoms with Gasteiger partial charge in [0.1, 0.15) is 0 Å². The average molecular weight is 523 g/mol. The number of halogens is 4. The fraction of sp³-hybridized carbons (Fsp3) is 0.350. The molecular formula is C20H25F3IN3O2. The van der Waals surface area contributed by atoms with E-state index in [2.05, 4.69) is 15.6 Å². The number of alkyl halides is 3. The fourth-order valence-corrected chi connectivity index (χ4v) is 2.51. The van der Waals surface area contributed by atoms with Gasteiger partial charge in [-0.25, -0.2) is 4.99 Å². The molecular weight excluding hydrogens is 498 g/mol. The standard InChI is InChI=1S/C20H24F3N3O2.HI/c1-3-24-19(25-11-10-14-6-9-17(27)18(12-14)28-2)26-13-15-4-7-16(8-5-15)20(21,22)23;/h4-9,12,27H,3,10-11,13H2,1-2H3,(H2,24,25,26);1H. The summed E-state index contributed by atoms with van der Waals surface area (Å²) in [6, 6.07) is 10.1. The van der Waals surface area contributed by atoms with Gasteiger partial charge in [-0.2, -0.15) is 13.2 Å². The van der Waals surface area contributed by atoms with Crippen LogP contribution in [0.15, 0.2) is 47.5 Å². The molecule has 0 aliphatic carbocycles. The van der Waals surface area contributed by atoms with Crippen molar-refractivity contribution in [3.63, 3.8) is 0 Å². The summed E-state index contributed by atoms with van der Waals surface area (Å²) in [7, 11) is 1.49. The molecule has 0 heterocycles. The smallest absolute Gasteiger partial charge is 0.416 e. The summed E-state index contributed by atoms with van der Waals surface area (Å²) >= 11 is 0. The Labute approximate surface area is 185 Å². The summed E-state index contributed by atoms with van der Waals surface area (Å²) < 4.78 is 42.9. The van der Waals surface area contributed by atoms with E-state index in [0.29, 0.717) is 36.8 Å². The van der Waals surface area contributed by atoms with Crippen LogP contribution in [-0.4, -0.2) is 31.3 Å². The highest BCUT2D eigenvalue weighted by atomic mass is 127. The Morgan fingerprint density at radius 3 is 2.31 bits per heavy atom. The summed E-state index contributed by atoms with van der Waals surface area (Å²) in [5.41, 5.74) is 1.00. The van der Waals surface area contributed by atoms with Gasteiger partial charge in [0.25, 0.3) is 0 Å². The van der Waals surface area contributed by atoms with Gasteiger partial charge in [0.15, 0.2) is 17.5 Å². The quantitative estimate of drug-likeness (QED) is 0.287. The lowest BCUT2D eigenvalue weighted by Crippen LogP contribution is -2.38. The van der Waals surface area contributed by atoms with Crippen LogP contribution >= 0.6 is 24.0 Å². The van der Waals surface area contributed by atoms with E-state index in [1.54, 1.807) is 12.1 Å². The maximum atomic E-state index is 12.6. The van der Waals surface area contributed by atoms with Gasteiger partial charge in [-0.3, -0.25) is 0 Å². The van der Waals surface area contributed by atoms with Gasteiger partial charge in [-0.05, 0) is 48.7 Å². The van der Waals surface area contributed by atoms with Gasteiger partial charge in [-0.1, -0.05) is 18.2 Å². The Morgan fingerprint density at radius 2 is 1.72 bits per heavy atom. The third kappa shape index (κ3) is 8.00. The molecule has 0 saturated carbocycles. The maximum Gasteiger partial charge on any atom is 0.416 e. The van der Waals surface area contributed by atoms with E-state index in [1.165, 1.54) is 19.2 Å². The maximum absolute atomic E-state index is 12.6. The number of aliphatic imine (C=N–C) groups is 1. The van der Waals surface area contributed by atoms with Crippen molar-refractivity contribution in [3.05, 3.63) is 59.2 Å². The van der Waals surface area contributed by atoms with Crippen LogP contribution in [0.3, 0.4) is 0 Å². The first kappa shape index (κ1) is 24.9. The number of hydrogen-bond donors (Lipinski definition) is 3. The number of phenolic OH excluding ortho intramolecular Hbond substituents is 1. The van der Waals surface area contributed by atoms with Crippen molar-refractivity contribution in [1.29, 1.82) is 0 Å². The topological polar surface area (TPSA) is 65.9 Å². The van der Waals surface area contributed by atoms with Crippen molar-refractivity contribution in [3.8, 4) is 11.5 Å². The van der Waals surface area contributed by atoms with Crippen LogP contribution in [0.25, 0.3) is 0 Å². The Morgan fingerprint density at radius 1 is 1.07 bits per heavy atom. The highest BCUT2D eigenvalue weighted by molar-refractivity contribution is 14.0. The predicted octanol–water partition coefficient (Wildman–Crippen LogP) is 4.34. The van der Waals surface area contributed by atoms with Crippen molar-refractivity contribution >= 4 is 29.9 Å². The number of aromatic hydroxyl groups is 1. The molecule has 0 aliphatic heterocycles. The number of benzene rings is 2. The van der Waals surface area contributed by atoms with Gasteiger partial charge in [-0.15, -0.1) is 24.0 Å². The summed E-state index contributed by atoms with van der Waals surface area (Å²) in [5, 5.41) is 15.9. The summed E-state index contributed by atoms with van der Waals surface area (Å²) in [6.07, 6.45) is -3.66. The van der Waals surface area contributed by atoms with Crippen molar-refractivity contribution < 1.29 is 23.0 Å². The van der Waals surface area contributed by atoms with Crippen LogP contribution in [0.5, 0.6) is 11.5 Å². The first-order chi connectivity index (χ1) is 13.3. The average Bonchev–Trinajstić information content (AvgIpc) is 2.67. The van der Waals surface area contributed by atoms with Gasteiger partial charge >= 0.3 is 6.18 Å². The highest BCUT2D eigenvalue weighted by Gasteiger charge is 2.29. The van der Waals surface area contributed by atoms with E-state index in [0.717, 1.165) is 17.7 Å². The Kier molecular flexibility index (Phi) is 10.1. The number of ether oxygens (including phenoxy) is 1. The van der Waals surface area contributed by atoms with Crippen LogP contribution in [-0.2, 0) is 19.1 Å². The molecule has 9 heteroatoms. The molecule has 2 aromatic rings. The SMILES string of the molecule is CCNC(=NCc1ccc(C(F)(F)F)cc1)NCCc1ccc(O)c(OC)c1.I. The lowest BCUT2D eigenvalue weighted by Gasteiger charge is -2.12. The monoisotopic (exact) mass is 523 g/mol. The minimum Gasteiger partial charge on any atom is -0.504 e. The van der Waals surface area contributed by atoms with Crippen molar-refractivity contribution in [2.24, 2.45) is 4.99 Å². The number of nitrogens with one attached hydrogen (secondary N) is 2. The molecule has 0 aliphatic rings. The zero-order chi connectivity index (χ0) is 20.6. The Hall–Kier alpha value is -2.17. The number of phenols is 1. The third-order valence-electron chi connectivity index (χ3n) is 4.00. The van der Waals surface area contributed by atoms with Crippen LogP contribution in [0, 0.1) is 0 Å². The summed E-state index contributed by atoms with van der Waals surface area (Å²) in [6.45, 7) is 3.44. The summed E-state index contributed by atoms with van der Waals surface area (Å²) in [5.74, 6) is 1.08. The molecule has 0 spiro atoms. The molecule has 0 unspecified atom stereocenters. The van der Waals surface area contributed by atoms with E-state index in [1.807, 2.05) is 13.0 Å². The van der Waals surface area contributed by atoms with E-state index >= 15 is 0 Å². The van der Waals surface area contributed by atoms with Gasteiger partial charge in [0, 0.05) is 13.1 Å². The van der Waals surface area contributed by atoms with Gasteiger partial charge < -0.3 is 20.5 Å². The molecule has 3 N–H and O–H groups in total. The van der Waals surface area contributed by atoms with E-state index in [9.17, 15) is 18.3 Å². The zero-order valence-corrected chi connectivity index (χ0v) is 18.5. The molecule has 29 heavy (non-hydrogen) atoms. The van der Waals surface area contributed by atoms with E-state index in [-0.39, 0.29) is 36.3 Å². The second-order valence-electron chi connectivity index (χ2n) is 6.07. The molecule has 0 radical (unpaired) electrons. The molecule has 0 amide bonds. The normalized spacial score (nSPS) is 11.6. The van der Waals surface area contributed by atoms with Crippen LogP contribution in [0.4, 0.5) is 13.2 Å². The number of nitrogens with zero attached hydrogens (tertiary/aromatic N) is 1. The third-order valence-corrected chi connectivity index (χ3v) is 4.00. The zero-order valence-electron chi connectivity index (χ0n) is 16.2. The largest absolute Gasteiger partial charge is 0.504 e. The van der Waals surface area contributed by atoms with Crippen molar-refractivity contribution in [2.75, 3.05) is 20.2 Å². The van der Waals surface area contributed by atoms with Crippen LogP contribution < -0.4 is 15.4 Å². The molecule has 0 atom stereocenters. The molecule has 0 saturated heterocycles. The highest BCUT2D eigenvalue weighted by Crippen LogP contribution is 2.29. The van der Waals surface area contributed by atoms with Gasteiger partial charge in [0.2, 0.25) is 0 Å². The fourth-order valence-electron chi connectivity index (χ4n) is 2.51. The molecule has 2 rings (SSSR count). The van der Waals surface area contributed by atoms with Crippen LogP contribution in [0.2, 0.25) is 0 Å². The Balaban J connectivity index is 0.00000420. The molecule has 160 valence electrons. The Bertz CT molecular complexity index is 797. The summed E-state index contributed by atoms with van der Waals surface area (Å²) in [4.78, 5) is 4.40. The number of methoxy groups -OCH3 is 1. The molecule has 5 nitrogen and oxygen atoms in total. The van der Waals surface area contributed by atoms with Gasteiger partial charge in [0.05, 0.1) is 19.2 Å². The number of hydrogen-bond acceptors (Lipinski definition) is 3. The molecule has 2 aromatic carbocycles.